The lowest BCUT2D eigenvalue weighted by Crippen LogP contribution is -2.18. The summed E-state index contributed by atoms with van der Waals surface area (Å²) in [5.41, 5.74) is 0.853. The third kappa shape index (κ3) is 10.1. The average Bonchev–Trinajstić information content (AvgIpc) is 2.49. The summed E-state index contributed by atoms with van der Waals surface area (Å²) in [5, 5.41) is 0. The fourth-order valence-corrected chi connectivity index (χ4v) is 1.97. The molecule has 0 N–H and O–H groups in total. The van der Waals surface area contributed by atoms with E-state index in [1.807, 2.05) is 27.7 Å². The van der Waals surface area contributed by atoms with Crippen LogP contribution in [-0.4, -0.2) is 25.2 Å². The molecule has 0 aromatic rings. The molecule has 0 radical (unpaired) electrons. The largest absolute Gasteiger partial charge is 0.462 e. The molecule has 134 valence electrons. The highest BCUT2D eigenvalue weighted by Crippen LogP contribution is 2.18. The van der Waals surface area contributed by atoms with Crippen LogP contribution in [0.2, 0.25) is 0 Å². The average molecular weight is 326 g/mol. The standard InChI is InChI=1S/C19H34O4/c1-7-8-9-10-11-17(19(21)23-13-15(4)5)16(6)18(20)22-12-14(2)3/h14-15H,7-13H2,1-6H3. The molecule has 0 saturated heterocycles. The van der Waals surface area contributed by atoms with Crippen LogP contribution in [0.4, 0.5) is 0 Å². The van der Waals surface area contributed by atoms with E-state index in [-0.39, 0.29) is 17.8 Å². The third-order valence-corrected chi connectivity index (χ3v) is 3.38. The van der Waals surface area contributed by atoms with E-state index in [0.29, 0.717) is 30.8 Å². The second kappa shape index (κ2) is 12.1. The minimum Gasteiger partial charge on any atom is -0.462 e. The summed E-state index contributed by atoms with van der Waals surface area (Å²) in [7, 11) is 0. The molecule has 0 aliphatic heterocycles. The van der Waals surface area contributed by atoms with Crippen molar-refractivity contribution in [3.63, 3.8) is 0 Å². The normalized spacial score (nSPS) is 12.3. The first-order chi connectivity index (χ1) is 10.8. The molecule has 4 heteroatoms. The highest BCUT2D eigenvalue weighted by atomic mass is 16.5. The molecule has 0 bridgehead atoms. The fraction of sp³-hybridized carbons (Fsp3) is 0.789. The Morgan fingerprint density at radius 2 is 1.35 bits per heavy atom. The Labute approximate surface area is 141 Å². The molecule has 23 heavy (non-hydrogen) atoms. The predicted molar refractivity (Wildman–Crippen MR) is 93.1 cm³/mol. The van der Waals surface area contributed by atoms with Crippen molar-refractivity contribution < 1.29 is 19.1 Å². The molecule has 0 aromatic heterocycles. The maximum atomic E-state index is 12.3. The lowest BCUT2D eigenvalue weighted by molar-refractivity contribution is -0.143. The third-order valence-electron chi connectivity index (χ3n) is 3.38. The minimum atomic E-state index is -0.411. The monoisotopic (exact) mass is 326 g/mol. The van der Waals surface area contributed by atoms with Crippen molar-refractivity contribution in [1.29, 1.82) is 0 Å². The molecule has 0 rings (SSSR count). The van der Waals surface area contributed by atoms with Gasteiger partial charge in [-0.2, -0.15) is 0 Å². The number of carbonyl (C=O) groups excluding carboxylic acids is 2. The zero-order valence-electron chi connectivity index (χ0n) is 15.7. The topological polar surface area (TPSA) is 52.6 Å². The summed E-state index contributed by atoms with van der Waals surface area (Å²) < 4.78 is 10.6. The van der Waals surface area contributed by atoms with Gasteiger partial charge < -0.3 is 9.47 Å². The van der Waals surface area contributed by atoms with Crippen molar-refractivity contribution in [3.05, 3.63) is 11.1 Å². The summed E-state index contributed by atoms with van der Waals surface area (Å²) in [6.45, 7) is 12.5. The van der Waals surface area contributed by atoms with Gasteiger partial charge in [-0.1, -0.05) is 53.9 Å². The Morgan fingerprint density at radius 1 is 0.826 bits per heavy atom. The van der Waals surface area contributed by atoms with Crippen molar-refractivity contribution >= 4 is 11.9 Å². The Balaban J connectivity index is 4.93. The zero-order chi connectivity index (χ0) is 17.8. The molecule has 0 atom stereocenters. The van der Waals surface area contributed by atoms with Crippen LogP contribution in [0, 0.1) is 11.8 Å². The molecule has 0 heterocycles. The van der Waals surface area contributed by atoms with Gasteiger partial charge in [-0.25, -0.2) is 9.59 Å². The van der Waals surface area contributed by atoms with E-state index in [1.54, 1.807) is 6.92 Å². The minimum absolute atomic E-state index is 0.271. The van der Waals surface area contributed by atoms with E-state index < -0.39 is 5.97 Å². The first-order valence-electron chi connectivity index (χ1n) is 8.83. The van der Waals surface area contributed by atoms with E-state index in [1.165, 1.54) is 0 Å². The number of esters is 2. The first-order valence-corrected chi connectivity index (χ1v) is 8.83. The van der Waals surface area contributed by atoms with Crippen LogP contribution in [0.3, 0.4) is 0 Å². The van der Waals surface area contributed by atoms with Crippen LogP contribution in [0.15, 0.2) is 11.1 Å². The van der Waals surface area contributed by atoms with Crippen molar-refractivity contribution in [2.45, 2.75) is 73.6 Å². The lowest BCUT2D eigenvalue weighted by atomic mass is 10.0. The Bertz CT molecular complexity index is 394. The van der Waals surface area contributed by atoms with Gasteiger partial charge in [-0.15, -0.1) is 0 Å². The van der Waals surface area contributed by atoms with Crippen molar-refractivity contribution in [2.75, 3.05) is 13.2 Å². The van der Waals surface area contributed by atoms with E-state index in [2.05, 4.69) is 6.92 Å². The van der Waals surface area contributed by atoms with Gasteiger partial charge >= 0.3 is 11.9 Å². The highest BCUT2D eigenvalue weighted by Gasteiger charge is 2.20. The number of unbranched alkanes of at least 4 members (excludes halogenated alkanes) is 3. The Morgan fingerprint density at radius 3 is 1.83 bits per heavy atom. The van der Waals surface area contributed by atoms with Crippen LogP contribution in [0.5, 0.6) is 0 Å². The number of hydrogen-bond acceptors (Lipinski definition) is 4. The van der Waals surface area contributed by atoms with E-state index in [4.69, 9.17) is 9.47 Å². The van der Waals surface area contributed by atoms with Crippen molar-refractivity contribution in [2.24, 2.45) is 11.8 Å². The molecule has 0 aliphatic carbocycles. The van der Waals surface area contributed by atoms with Crippen molar-refractivity contribution in [1.82, 2.24) is 0 Å². The zero-order valence-corrected chi connectivity index (χ0v) is 15.7. The van der Waals surface area contributed by atoms with Crippen LogP contribution >= 0.6 is 0 Å². The van der Waals surface area contributed by atoms with Crippen LogP contribution in [-0.2, 0) is 19.1 Å². The van der Waals surface area contributed by atoms with Gasteiger partial charge in [0.05, 0.1) is 13.2 Å². The smallest absolute Gasteiger partial charge is 0.334 e. The van der Waals surface area contributed by atoms with Gasteiger partial charge in [0, 0.05) is 11.1 Å². The van der Waals surface area contributed by atoms with Crippen LogP contribution in [0.1, 0.15) is 73.6 Å². The van der Waals surface area contributed by atoms with E-state index in [9.17, 15) is 9.59 Å². The van der Waals surface area contributed by atoms with Crippen molar-refractivity contribution in [3.8, 4) is 0 Å². The second-order valence-electron chi connectivity index (χ2n) is 6.90. The van der Waals surface area contributed by atoms with Gasteiger partial charge in [0.25, 0.3) is 0 Å². The van der Waals surface area contributed by atoms with Crippen LogP contribution in [0.25, 0.3) is 0 Å². The number of ether oxygens (including phenoxy) is 2. The summed E-state index contributed by atoms with van der Waals surface area (Å²) in [6.07, 6.45) is 4.76. The summed E-state index contributed by atoms with van der Waals surface area (Å²) in [6, 6.07) is 0. The molecule has 0 amide bonds. The molecular weight excluding hydrogens is 292 g/mol. The second-order valence-corrected chi connectivity index (χ2v) is 6.90. The van der Waals surface area contributed by atoms with E-state index >= 15 is 0 Å². The maximum absolute atomic E-state index is 12.3. The maximum Gasteiger partial charge on any atom is 0.334 e. The molecule has 0 aromatic carbocycles. The SMILES string of the molecule is CCCCCCC(C(=O)OCC(C)C)=C(C)C(=O)OCC(C)C. The molecule has 0 aliphatic rings. The van der Waals surface area contributed by atoms with Crippen LogP contribution < -0.4 is 0 Å². The molecule has 4 nitrogen and oxygen atoms in total. The Kier molecular flexibility index (Phi) is 11.4. The van der Waals surface area contributed by atoms with Gasteiger partial charge in [-0.3, -0.25) is 0 Å². The number of hydrogen-bond donors (Lipinski definition) is 0. The summed E-state index contributed by atoms with van der Waals surface area (Å²) in [5.74, 6) is -0.249. The Hall–Kier alpha value is -1.32. The van der Waals surface area contributed by atoms with Gasteiger partial charge in [0.1, 0.15) is 0 Å². The molecule has 0 fully saturated rings. The lowest BCUT2D eigenvalue weighted by Gasteiger charge is -2.14. The summed E-state index contributed by atoms with van der Waals surface area (Å²) in [4.78, 5) is 24.4. The molecule has 0 unspecified atom stereocenters. The predicted octanol–water partition coefficient (Wildman–Crippen LogP) is 4.67. The van der Waals surface area contributed by atoms with Gasteiger partial charge in [0.2, 0.25) is 0 Å². The fourth-order valence-electron chi connectivity index (χ4n) is 1.97. The van der Waals surface area contributed by atoms with E-state index in [0.717, 1.165) is 25.7 Å². The molecular formula is C19H34O4. The molecule has 0 spiro atoms. The molecule has 0 saturated carbocycles. The van der Waals surface area contributed by atoms with Gasteiger partial charge in [0.15, 0.2) is 0 Å². The summed E-state index contributed by atoms with van der Waals surface area (Å²) >= 11 is 0. The number of carbonyl (C=O) groups is 2. The highest BCUT2D eigenvalue weighted by molar-refractivity contribution is 5.99. The van der Waals surface area contributed by atoms with Gasteiger partial charge in [-0.05, 0) is 31.6 Å². The first kappa shape index (κ1) is 21.7. The quantitative estimate of drug-likeness (QED) is 0.314. The number of rotatable bonds is 11.